The number of hydrogen-bond acceptors (Lipinski definition) is 7. The van der Waals surface area contributed by atoms with Gasteiger partial charge in [0.2, 0.25) is 0 Å². The second-order valence-corrected chi connectivity index (χ2v) is 9.41. The zero-order valence-electron chi connectivity index (χ0n) is 16.7. The highest BCUT2D eigenvalue weighted by Crippen LogP contribution is 2.33. The molecule has 0 aliphatic carbocycles. The Balaban J connectivity index is 2.04. The molecule has 0 spiro atoms. The summed E-state index contributed by atoms with van der Waals surface area (Å²) in [4.78, 5) is 24.4. The van der Waals surface area contributed by atoms with Crippen LogP contribution in [0.25, 0.3) is 22.4 Å². The highest BCUT2D eigenvalue weighted by molar-refractivity contribution is 14.2. The summed E-state index contributed by atoms with van der Waals surface area (Å²) in [5, 5.41) is 3.53. The Kier molecular flexibility index (Phi) is 6.80. The van der Waals surface area contributed by atoms with Gasteiger partial charge in [-0.2, -0.15) is 0 Å². The van der Waals surface area contributed by atoms with Crippen molar-refractivity contribution in [2.24, 2.45) is 5.41 Å². The molecular weight excluding hydrogens is 527 g/mol. The molecule has 0 radical (unpaired) electrons. The number of carbonyl (C=O) groups excluding carboxylic acids is 1. The van der Waals surface area contributed by atoms with E-state index in [0.29, 0.717) is 16.6 Å². The molecule has 0 fully saturated rings. The molecule has 3 rings (SSSR count). The van der Waals surface area contributed by atoms with Gasteiger partial charge in [0.25, 0.3) is 0 Å². The summed E-state index contributed by atoms with van der Waals surface area (Å²) in [6, 6.07) is 0.906. The summed E-state index contributed by atoms with van der Waals surface area (Å²) in [5.41, 5.74) is 0.683. The maximum atomic E-state index is 14.5. The number of halogens is 3. The number of pyridine rings is 1. The monoisotopic (exact) mass is 547 g/mol. The van der Waals surface area contributed by atoms with Crippen LogP contribution in [0.1, 0.15) is 27.2 Å². The predicted molar refractivity (Wildman–Crippen MR) is 121 cm³/mol. The number of carbonyl (C=O) groups is 1. The van der Waals surface area contributed by atoms with Crippen molar-refractivity contribution in [2.45, 2.75) is 33.2 Å². The first kappa shape index (κ1) is 22.7. The van der Waals surface area contributed by atoms with Gasteiger partial charge in [0, 0.05) is 53.5 Å². The number of hydrogen-bond donors (Lipinski definition) is 1. The van der Waals surface area contributed by atoms with Crippen LogP contribution in [0.5, 0.6) is 0 Å². The maximum absolute atomic E-state index is 14.5. The third kappa shape index (κ3) is 4.82. The average Bonchev–Trinajstić information content (AvgIpc) is 3.05. The topological polar surface area (TPSA) is 81.9 Å². The summed E-state index contributed by atoms with van der Waals surface area (Å²) in [7, 11) is 2.66. The van der Waals surface area contributed by atoms with Crippen LogP contribution in [0, 0.1) is 17.0 Å². The van der Waals surface area contributed by atoms with E-state index in [1.54, 1.807) is 10.2 Å². The van der Waals surface area contributed by atoms with Crippen molar-refractivity contribution in [1.29, 1.82) is 0 Å². The van der Waals surface area contributed by atoms with E-state index in [9.17, 15) is 13.6 Å². The molecule has 0 aromatic carbocycles. The van der Waals surface area contributed by atoms with E-state index in [1.165, 1.54) is 22.3 Å². The minimum absolute atomic E-state index is 0.0404. The van der Waals surface area contributed by atoms with E-state index in [2.05, 4.69) is 41.5 Å². The highest BCUT2D eigenvalue weighted by atomic mass is 127. The molecule has 0 aliphatic rings. The molecule has 1 unspecified atom stereocenters. The van der Waals surface area contributed by atoms with Gasteiger partial charge in [0.15, 0.2) is 23.1 Å². The lowest BCUT2D eigenvalue weighted by Crippen LogP contribution is -2.37. The van der Waals surface area contributed by atoms with E-state index < -0.39 is 23.6 Å². The summed E-state index contributed by atoms with van der Waals surface area (Å²) in [6.07, 6.45) is 3.95. The van der Waals surface area contributed by atoms with Crippen LogP contribution >= 0.6 is 30.3 Å². The third-order valence-corrected chi connectivity index (χ3v) is 6.29. The predicted octanol–water partition coefficient (Wildman–Crippen LogP) is 5.01. The number of rotatable bonds is 6. The lowest BCUT2D eigenvalue weighted by molar-refractivity contribution is -0.141. The van der Waals surface area contributed by atoms with Gasteiger partial charge < -0.3 is 10.1 Å². The summed E-state index contributed by atoms with van der Waals surface area (Å²) in [6.45, 7) is 5.77. The smallest absolute Gasteiger partial charge is 0.307 e. The van der Waals surface area contributed by atoms with Crippen molar-refractivity contribution >= 4 is 53.1 Å². The van der Waals surface area contributed by atoms with Crippen LogP contribution in [-0.2, 0) is 9.53 Å². The number of methoxy groups -OCH3 is 1. The Hall–Kier alpha value is -2.02. The fourth-order valence-corrected chi connectivity index (χ4v) is 4.13. The highest BCUT2D eigenvalue weighted by Gasteiger charge is 2.29. The van der Waals surface area contributed by atoms with Gasteiger partial charge in [0.05, 0.1) is 25.9 Å². The van der Waals surface area contributed by atoms with E-state index >= 15 is 0 Å². The second kappa shape index (κ2) is 9.00. The number of esters is 1. The molecule has 0 saturated heterocycles. The number of fused-ring (bicyclic) bond motifs is 1. The summed E-state index contributed by atoms with van der Waals surface area (Å²) in [5.74, 6) is -1.40. The fourth-order valence-electron chi connectivity index (χ4n) is 2.87. The molecule has 7 nitrogen and oxygen atoms in total. The van der Waals surface area contributed by atoms with Crippen LogP contribution < -0.4 is 5.32 Å². The standard InChI is InChI=1S/C19H20F2IN5O2S/c1-19(2,3)14(6-15(28)29-4)25-17-13(21)8-23-16(26-17)12-9-27(30-22)18-11(12)5-10(20)7-24-18/h5,7-9,14H,6H2,1-4H3,(H,23,25,26). The molecule has 3 aromatic heterocycles. The van der Waals surface area contributed by atoms with Gasteiger partial charge in [-0.3, -0.25) is 8.77 Å². The maximum Gasteiger partial charge on any atom is 0.307 e. The van der Waals surface area contributed by atoms with Crippen molar-refractivity contribution in [3.63, 3.8) is 0 Å². The van der Waals surface area contributed by atoms with Crippen molar-refractivity contribution in [1.82, 2.24) is 18.9 Å². The Morgan fingerprint density at radius 2 is 2.07 bits per heavy atom. The molecule has 3 aromatic rings. The van der Waals surface area contributed by atoms with Crippen molar-refractivity contribution in [2.75, 3.05) is 12.4 Å². The first-order valence-electron chi connectivity index (χ1n) is 8.96. The second-order valence-electron chi connectivity index (χ2n) is 7.70. The van der Waals surface area contributed by atoms with Gasteiger partial charge >= 0.3 is 5.97 Å². The third-order valence-electron chi connectivity index (χ3n) is 4.59. The molecule has 0 amide bonds. The molecule has 3 heterocycles. The molecule has 30 heavy (non-hydrogen) atoms. The van der Waals surface area contributed by atoms with E-state index in [-0.39, 0.29) is 23.5 Å². The minimum Gasteiger partial charge on any atom is -0.469 e. The number of ether oxygens (including phenoxy) is 1. The number of aromatic nitrogens is 4. The van der Waals surface area contributed by atoms with Crippen molar-refractivity contribution in [3.8, 4) is 11.4 Å². The van der Waals surface area contributed by atoms with Crippen LogP contribution in [0.2, 0.25) is 0 Å². The Morgan fingerprint density at radius 1 is 1.33 bits per heavy atom. The van der Waals surface area contributed by atoms with Crippen molar-refractivity contribution in [3.05, 3.63) is 36.3 Å². The number of nitrogens with zero attached hydrogens (tertiary/aromatic N) is 4. The van der Waals surface area contributed by atoms with Crippen LogP contribution in [0.4, 0.5) is 14.6 Å². The summed E-state index contributed by atoms with van der Waals surface area (Å²) >= 11 is 2.08. The molecule has 0 saturated carbocycles. The molecule has 1 N–H and O–H groups in total. The molecule has 160 valence electrons. The van der Waals surface area contributed by atoms with Crippen LogP contribution in [0.3, 0.4) is 0 Å². The lowest BCUT2D eigenvalue weighted by atomic mass is 9.84. The van der Waals surface area contributed by atoms with Gasteiger partial charge in [0.1, 0.15) is 5.82 Å². The summed E-state index contributed by atoms with van der Waals surface area (Å²) < 4.78 is 34.8. The van der Waals surface area contributed by atoms with E-state index in [4.69, 9.17) is 4.74 Å². The van der Waals surface area contributed by atoms with Crippen LogP contribution in [-0.4, -0.2) is 38.0 Å². The first-order valence-corrected chi connectivity index (χ1v) is 12.3. The lowest BCUT2D eigenvalue weighted by Gasteiger charge is -2.31. The van der Waals surface area contributed by atoms with E-state index in [0.717, 1.165) is 12.4 Å². The Labute approximate surface area is 188 Å². The largest absolute Gasteiger partial charge is 0.469 e. The molecule has 11 heteroatoms. The zero-order valence-corrected chi connectivity index (χ0v) is 19.7. The van der Waals surface area contributed by atoms with Crippen molar-refractivity contribution < 1.29 is 18.3 Å². The normalized spacial score (nSPS) is 12.8. The van der Waals surface area contributed by atoms with Gasteiger partial charge in [-0.15, -0.1) is 0 Å². The SMILES string of the molecule is COC(=O)CC(Nc1nc(-c2cn(SI)c3ncc(F)cc23)ncc1F)C(C)(C)C. The molecular formula is C19H20F2IN5O2S. The van der Waals surface area contributed by atoms with Gasteiger partial charge in [-0.1, -0.05) is 20.8 Å². The molecule has 1 atom stereocenters. The van der Waals surface area contributed by atoms with Gasteiger partial charge in [-0.25, -0.2) is 23.7 Å². The quantitative estimate of drug-likeness (QED) is 0.344. The Morgan fingerprint density at radius 3 is 2.70 bits per heavy atom. The van der Waals surface area contributed by atoms with E-state index in [1.807, 2.05) is 20.8 Å². The average molecular weight is 547 g/mol. The Bertz CT molecular complexity index is 1090. The number of nitrogens with one attached hydrogen (secondary N) is 1. The molecule has 0 aliphatic heterocycles. The molecule has 0 bridgehead atoms. The number of anilines is 1. The minimum atomic E-state index is -0.658. The first-order chi connectivity index (χ1) is 14.1. The van der Waals surface area contributed by atoms with Crippen LogP contribution in [0.15, 0.2) is 24.7 Å². The fraction of sp³-hybridized carbons (Fsp3) is 0.368. The van der Waals surface area contributed by atoms with Gasteiger partial charge in [-0.05, 0) is 11.5 Å². The zero-order chi connectivity index (χ0) is 22.1.